The molecule has 2 aromatic heterocycles. The van der Waals surface area contributed by atoms with Gasteiger partial charge in [0.1, 0.15) is 0 Å². The molecule has 2 heterocycles. The van der Waals surface area contributed by atoms with Crippen molar-refractivity contribution in [1.82, 2.24) is 4.40 Å². The second-order valence-electron chi connectivity index (χ2n) is 8.14. The normalized spacial score (nSPS) is 13.2. The number of fused-ring (bicyclic) bond motifs is 3. The molecular formula is C20H25N. The minimum Gasteiger partial charge on any atom is -0.323 e. The molecule has 0 bridgehead atoms. The lowest BCUT2D eigenvalue weighted by atomic mass is 9.86. The lowest BCUT2D eigenvalue weighted by Crippen LogP contribution is -2.11. The Morgan fingerprint density at radius 3 is 2.00 bits per heavy atom. The zero-order chi connectivity index (χ0) is 15.4. The summed E-state index contributed by atoms with van der Waals surface area (Å²) in [6, 6.07) is 11.4. The van der Waals surface area contributed by atoms with Crippen LogP contribution in [-0.4, -0.2) is 4.40 Å². The second kappa shape index (κ2) is 4.37. The summed E-state index contributed by atoms with van der Waals surface area (Å²) in [6.45, 7) is 13.6. The molecule has 0 unspecified atom stereocenters. The van der Waals surface area contributed by atoms with Gasteiger partial charge in [-0.2, -0.15) is 0 Å². The van der Waals surface area contributed by atoms with Crippen LogP contribution in [0, 0.1) is 0 Å². The van der Waals surface area contributed by atoms with Gasteiger partial charge in [-0.25, -0.2) is 0 Å². The molecule has 0 saturated heterocycles. The first-order valence-electron chi connectivity index (χ1n) is 7.72. The van der Waals surface area contributed by atoms with Gasteiger partial charge in [0.05, 0.1) is 5.52 Å². The van der Waals surface area contributed by atoms with E-state index >= 15 is 0 Å². The van der Waals surface area contributed by atoms with Crippen LogP contribution in [0.15, 0.2) is 42.7 Å². The Bertz CT molecular complexity index is 807. The highest BCUT2D eigenvalue weighted by atomic mass is 14.9. The third-order valence-corrected chi connectivity index (χ3v) is 4.32. The van der Waals surface area contributed by atoms with Gasteiger partial charge in [0.25, 0.3) is 0 Å². The van der Waals surface area contributed by atoms with Gasteiger partial charge in [-0.1, -0.05) is 53.7 Å². The molecule has 3 rings (SSSR count). The molecule has 1 aromatic carbocycles. The minimum absolute atomic E-state index is 0.184. The Balaban J connectivity index is 2.26. The first-order chi connectivity index (χ1) is 9.66. The molecule has 110 valence electrons. The fourth-order valence-corrected chi connectivity index (χ4v) is 2.83. The average Bonchev–Trinajstić information content (AvgIpc) is 2.73. The number of rotatable bonds is 0. The van der Waals surface area contributed by atoms with Crippen LogP contribution >= 0.6 is 0 Å². The van der Waals surface area contributed by atoms with E-state index < -0.39 is 0 Å². The van der Waals surface area contributed by atoms with Crippen molar-refractivity contribution >= 4 is 16.3 Å². The Morgan fingerprint density at radius 1 is 0.762 bits per heavy atom. The van der Waals surface area contributed by atoms with Crippen molar-refractivity contribution in [2.75, 3.05) is 0 Å². The molecule has 21 heavy (non-hydrogen) atoms. The zero-order valence-electron chi connectivity index (χ0n) is 14.0. The maximum Gasteiger partial charge on any atom is 0.0531 e. The van der Waals surface area contributed by atoms with Crippen LogP contribution in [0.5, 0.6) is 0 Å². The van der Waals surface area contributed by atoms with Gasteiger partial charge in [0, 0.05) is 23.2 Å². The predicted molar refractivity (Wildman–Crippen MR) is 92.3 cm³/mol. The molecule has 1 nitrogen and oxygen atoms in total. The molecular weight excluding hydrogens is 254 g/mol. The molecule has 0 aliphatic carbocycles. The highest BCUT2D eigenvalue weighted by Crippen LogP contribution is 2.31. The summed E-state index contributed by atoms with van der Waals surface area (Å²) >= 11 is 0. The monoisotopic (exact) mass is 279 g/mol. The van der Waals surface area contributed by atoms with Gasteiger partial charge in [0.15, 0.2) is 0 Å². The molecule has 0 aliphatic heterocycles. The standard InChI is InChI=1S/C20H25N/c1-19(2,3)15-7-8-17-14(11-15)13-21-10-9-16(12-18(17)21)20(4,5)6/h7-13H,1-6H3. The van der Waals surface area contributed by atoms with Crippen molar-refractivity contribution in [3.63, 3.8) is 0 Å². The van der Waals surface area contributed by atoms with Crippen molar-refractivity contribution in [2.45, 2.75) is 52.4 Å². The van der Waals surface area contributed by atoms with Crippen LogP contribution in [0.2, 0.25) is 0 Å². The molecule has 0 fully saturated rings. The molecule has 0 aliphatic rings. The van der Waals surface area contributed by atoms with E-state index in [4.69, 9.17) is 0 Å². The number of hydrogen-bond donors (Lipinski definition) is 0. The van der Waals surface area contributed by atoms with Crippen molar-refractivity contribution in [2.24, 2.45) is 0 Å². The fourth-order valence-electron chi connectivity index (χ4n) is 2.83. The van der Waals surface area contributed by atoms with Gasteiger partial charge in [-0.05, 0) is 40.2 Å². The molecule has 0 amide bonds. The number of aromatic nitrogens is 1. The predicted octanol–water partition coefficient (Wildman–Crippen LogP) is 5.69. The third-order valence-electron chi connectivity index (χ3n) is 4.32. The molecule has 0 N–H and O–H groups in total. The molecule has 1 heteroatoms. The lowest BCUT2D eigenvalue weighted by molar-refractivity contribution is 0.590. The van der Waals surface area contributed by atoms with Crippen LogP contribution in [0.3, 0.4) is 0 Å². The van der Waals surface area contributed by atoms with Gasteiger partial charge in [-0.3, -0.25) is 0 Å². The van der Waals surface area contributed by atoms with E-state index in [2.05, 4.69) is 88.7 Å². The molecule has 3 aromatic rings. The Morgan fingerprint density at radius 2 is 1.38 bits per heavy atom. The largest absolute Gasteiger partial charge is 0.323 e. The van der Waals surface area contributed by atoms with E-state index in [1.807, 2.05) is 0 Å². The van der Waals surface area contributed by atoms with Gasteiger partial charge >= 0.3 is 0 Å². The molecule has 0 spiro atoms. The Hall–Kier alpha value is -1.76. The van der Waals surface area contributed by atoms with Crippen molar-refractivity contribution in [3.05, 3.63) is 53.9 Å². The zero-order valence-corrected chi connectivity index (χ0v) is 14.0. The Labute approximate surface area is 127 Å². The smallest absolute Gasteiger partial charge is 0.0531 e. The summed E-state index contributed by atoms with van der Waals surface area (Å²) < 4.78 is 2.24. The number of pyridine rings is 1. The SMILES string of the molecule is CC(C)(C)c1ccc2c(c1)cn1ccc(C(C)(C)C)cc21. The highest BCUT2D eigenvalue weighted by molar-refractivity contribution is 5.98. The van der Waals surface area contributed by atoms with E-state index in [0.717, 1.165) is 0 Å². The summed E-state index contributed by atoms with van der Waals surface area (Å²) in [7, 11) is 0. The fraction of sp³-hybridized carbons (Fsp3) is 0.400. The summed E-state index contributed by atoms with van der Waals surface area (Å²) in [4.78, 5) is 0. The summed E-state index contributed by atoms with van der Waals surface area (Å²) in [6.07, 6.45) is 4.43. The van der Waals surface area contributed by atoms with Crippen LogP contribution in [-0.2, 0) is 10.8 Å². The van der Waals surface area contributed by atoms with Gasteiger partial charge in [-0.15, -0.1) is 0 Å². The van der Waals surface area contributed by atoms with E-state index in [1.165, 1.54) is 27.4 Å². The minimum atomic E-state index is 0.184. The first kappa shape index (κ1) is 14.2. The topological polar surface area (TPSA) is 4.41 Å². The van der Waals surface area contributed by atoms with E-state index in [1.54, 1.807) is 0 Å². The van der Waals surface area contributed by atoms with Crippen LogP contribution in [0.1, 0.15) is 52.7 Å². The van der Waals surface area contributed by atoms with Crippen LogP contribution < -0.4 is 0 Å². The highest BCUT2D eigenvalue weighted by Gasteiger charge is 2.17. The first-order valence-corrected chi connectivity index (χ1v) is 7.72. The van der Waals surface area contributed by atoms with Crippen LogP contribution in [0.25, 0.3) is 16.3 Å². The van der Waals surface area contributed by atoms with Gasteiger partial charge < -0.3 is 4.40 Å². The maximum absolute atomic E-state index is 2.33. The molecule has 0 saturated carbocycles. The third kappa shape index (κ3) is 2.46. The van der Waals surface area contributed by atoms with Crippen molar-refractivity contribution < 1.29 is 0 Å². The summed E-state index contributed by atoms with van der Waals surface area (Å²) in [5, 5.41) is 2.67. The summed E-state index contributed by atoms with van der Waals surface area (Å²) in [5.41, 5.74) is 4.46. The second-order valence-corrected chi connectivity index (χ2v) is 8.14. The summed E-state index contributed by atoms with van der Waals surface area (Å²) in [5.74, 6) is 0. The van der Waals surface area contributed by atoms with Gasteiger partial charge in [0.2, 0.25) is 0 Å². The van der Waals surface area contributed by atoms with Crippen molar-refractivity contribution in [1.29, 1.82) is 0 Å². The number of hydrogen-bond acceptors (Lipinski definition) is 0. The van der Waals surface area contributed by atoms with Crippen LogP contribution in [0.4, 0.5) is 0 Å². The molecule has 0 atom stereocenters. The van der Waals surface area contributed by atoms with E-state index in [9.17, 15) is 0 Å². The van der Waals surface area contributed by atoms with Crippen molar-refractivity contribution in [3.8, 4) is 0 Å². The average molecular weight is 279 g/mol. The van der Waals surface area contributed by atoms with E-state index in [0.29, 0.717) is 0 Å². The molecule has 0 radical (unpaired) electrons. The maximum atomic E-state index is 2.33. The quantitative estimate of drug-likeness (QED) is 0.498. The van der Waals surface area contributed by atoms with E-state index in [-0.39, 0.29) is 10.8 Å². The lowest BCUT2D eigenvalue weighted by Gasteiger charge is -2.19. The Kier molecular flexibility index (Phi) is 2.95. The number of benzene rings is 1. The number of nitrogens with zero attached hydrogens (tertiary/aromatic N) is 1.